The van der Waals surface area contributed by atoms with E-state index in [4.69, 9.17) is 5.84 Å². The van der Waals surface area contributed by atoms with Crippen LogP contribution in [0.5, 0.6) is 0 Å². The minimum Gasteiger partial charge on any atom is -0.300 e. The van der Waals surface area contributed by atoms with Crippen molar-refractivity contribution in [3.63, 3.8) is 0 Å². The van der Waals surface area contributed by atoms with Gasteiger partial charge in [-0.2, -0.15) is 0 Å². The molecule has 2 rings (SSSR count). The molecule has 0 fully saturated rings. The van der Waals surface area contributed by atoms with Gasteiger partial charge in [-0.1, -0.05) is 18.2 Å². The van der Waals surface area contributed by atoms with Crippen molar-refractivity contribution in [2.24, 2.45) is 12.9 Å². The Morgan fingerprint density at radius 1 is 1.29 bits per heavy atom. The molecule has 1 aromatic heterocycles. The molecule has 0 aliphatic rings. The zero-order valence-corrected chi connectivity index (χ0v) is 9.52. The zero-order valence-electron chi connectivity index (χ0n) is 9.52. The van der Waals surface area contributed by atoms with Crippen molar-refractivity contribution >= 4 is 5.95 Å². The van der Waals surface area contributed by atoms with Crippen LogP contribution in [0.4, 0.5) is 10.3 Å². The summed E-state index contributed by atoms with van der Waals surface area (Å²) in [6, 6.07) is 6.73. The van der Waals surface area contributed by atoms with Crippen LogP contribution in [0.2, 0.25) is 0 Å². The molecular weight excluding hydrogens is 221 g/mol. The van der Waals surface area contributed by atoms with Gasteiger partial charge in [0.25, 0.3) is 0 Å². The molecule has 0 atom stereocenters. The van der Waals surface area contributed by atoms with Crippen molar-refractivity contribution in [2.75, 3.05) is 5.43 Å². The third-order valence-corrected chi connectivity index (χ3v) is 2.67. The molecule has 0 bridgehead atoms. The molecule has 5 nitrogen and oxygen atoms in total. The van der Waals surface area contributed by atoms with Gasteiger partial charge in [0.05, 0.1) is 0 Å². The van der Waals surface area contributed by atoms with Crippen molar-refractivity contribution in [2.45, 2.75) is 12.8 Å². The summed E-state index contributed by atoms with van der Waals surface area (Å²) in [4.78, 5) is 0. The summed E-state index contributed by atoms with van der Waals surface area (Å²) in [6.45, 7) is 0. The molecule has 0 aliphatic carbocycles. The number of benzene rings is 1. The van der Waals surface area contributed by atoms with Crippen LogP contribution in [0.25, 0.3) is 0 Å². The lowest BCUT2D eigenvalue weighted by Crippen LogP contribution is -2.12. The maximum absolute atomic E-state index is 13.4. The van der Waals surface area contributed by atoms with Crippen molar-refractivity contribution in [3.05, 3.63) is 41.5 Å². The van der Waals surface area contributed by atoms with E-state index >= 15 is 0 Å². The monoisotopic (exact) mass is 235 g/mol. The number of nitrogens with zero attached hydrogens (tertiary/aromatic N) is 3. The number of aromatic nitrogens is 3. The Hall–Kier alpha value is -1.95. The van der Waals surface area contributed by atoms with Gasteiger partial charge < -0.3 is 0 Å². The number of halogens is 1. The fourth-order valence-corrected chi connectivity index (χ4v) is 1.65. The standard InChI is InChI=1S/C11H14FN5/c1-17-10(15-16-11(17)14-13)7-6-8-4-2-3-5-9(8)12/h2-5H,6-7,13H2,1H3,(H,14,16). The number of anilines is 1. The molecule has 0 saturated carbocycles. The molecule has 3 N–H and O–H groups in total. The van der Waals surface area contributed by atoms with Crippen LogP contribution in [-0.4, -0.2) is 14.8 Å². The van der Waals surface area contributed by atoms with Crippen LogP contribution in [0, 0.1) is 5.82 Å². The third-order valence-electron chi connectivity index (χ3n) is 2.67. The quantitative estimate of drug-likeness (QED) is 0.613. The van der Waals surface area contributed by atoms with Crippen molar-refractivity contribution in [3.8, 4) is 0 Å². The van der Waals surface area contributed by atoms with Crippen LogP contribution < -0.4 is 11.3 Å². The van der Waals surface area contributed by atoms with Gasteiger partial charge in [0.15, 0.2) is 0 Å². The number of hydrogen-bond acceptors (Lipinski definition) is 4. The largest absolute Gasteiger partial charge is 0.300 e. The van der Waals surface area contributed by atoms with Gasteiger partial charge in [-0.15, -0.1) is 10.2 Å². The molecule has 0 aliphatic heterocycles. The normalized spacial score (nSPS) is 10.5. The molecule has 0 saturated heterocycles. The molecule has 17 heavy (non-hydrogen) atoms. The van der Waals surface area contributed by atoms with Crippen LogP contribution in [-0.2, 0) is 19.9 Å². The molecule has 0 spiro atoms. The molecule has 1 heterocycles. The first-order chi connectivity index (χ1) is 8.22. The molecule has 6 heteroatoms. The summed E-state index contributed by atoms with van der Waals surface area (Å²) in [5.41, 5.74) is 3.12. The van der Waals surface area contributed by atoms with Gasteiger partial charge in [0, 0.05) is 13.5 Å². The summed E-state index contributed by atoms with van der Waals surface area (Å²) in [5.74, 6) is 6.33. The predicted octanol–water partition coefficient (Wildman–Crippen LogP) is 1.02. The fourth-order valence-electron chi connectivity index (χ4n) is 1.65. The Balaban J connectivity index is 2.07. The number of nitrogens with two attached hydrogens (primary N) is 1. The van der Waals surface area contributed by atoms with E-state index in [1.165, 1.54) is 6.07 Å². The summed E-state index contributed by atoms with van der Waals surface area (Å²) < 4.78 is 15.1. The Labute approximate surface area is 98.4 Å². The highest BCUT2D eigenvalue weighted by atomic mass is 19.1. The van der Waals surface area contributed by atoms with E-state index in [2.05, 4.69) is 15.6 Å². The molecule has 90 valence electrons. The minimum absolute atomic E-state index is 0.188. The second kappa shape index (κ2) is 4.92. The lowest BCUT2D eigenvalue weighted by atomic mass is 10.1. The lowest BCUT2D eigenvalue weighted by molar-refractivity contribution is 0.605. The Morgan fingerprint density at radius 3 is 2.71 bits per heavy atom. The van der Waals surface area contributed by atoms with Gasteiger partial charge in [0.2, 0.25) is 5.95 Å². The molecule has 0 amide bonds. The van der Waals surface area contributed by atoms with E-state index in [0.29, 0.717) is 24.4 Å². The van der Waals surface area contributed by atoms with Crippen LogP contribution in [0.15, 0.2) is 24.3 Å². The smallest absolute Gasteiger partial charge is 0.238 e. The SMILES string of the molecule is Cn1c(CCc2ccccc2F)nnc1NN. The lowest BCUT2D eigenvalue weighted by Gasteiger charge is -2.04. The van der Waals surface area contributed by atoms with Gasteiger partial charge in [0.1, 0.15) is 11.6 Å². The van der Waals surface area contributed by atoms with Crippen LogP contribution in [0.1, 0.15) is 11.4 Å². The molecular formula is C11H14FN5. The first kappa shape index (κ1) is 11.5. The maximum Gasteiger partial charge on any atom is 0.238 e. The van der Waals surface area contributed by atoms with Gasteiger partial charge in [-0.25, -0.2) is 10.2 Å². The summed E-state index contributed by atoms with van der Waals surface area (Å²) in [6.07, 6.45) is 1.20. The van der Waals surface area contributed by atoms with Gasteiger partial charge >= 0.3 is 0 Å². The Bertz CT molecular complexity index is 508. The molecule has 0 unspecified atom stereocenters. The number of hydrazine groups is 1. The fraction of sp³-hybridized carbons (Fsp3) is 0.273. The molecule has 1 aromatic carbocycles. The number of rotatable bonds is 4. The average molecular weight is 235 g/mol. The van der Waals surface area contributed by atoms with Crippen LogP contribution in [0.3, 0.4) is 0 Å². The van der Waals surface area contributed by atoms with E-state index in [1.807, 2.05) is 13.1 Å². The Morgan fingerprint density at radius 2 is 2.06 bits per heavy atom. The van der Waals surface area contributed by atoms with E-state index in [-0.39, 0.29) is 5.82 Å². The number of aryl methyl sites for hydroxylation is 2. The second-order valence-electron chi connectivity index (χ2n) is 3.73. The van der Waals surface area contributed by atoms with Crippen molar-refractivity contribution in [1.82, 2.24) is 14.8 Å². The third kappa shape index (κ3) is 2.42. The van der Waals surface area contributed by atoms with E-state index in [1.54, 1.807) is 16.7 Å². The maximum atomic E-state index is 13.4. The topological polar surface area (TPSA) is 68.8 Å². The predicted molar refractivity (Wildman–Crippen MR) is 62.6 cm³/mol. The van der Waals surface area contributed by atoms with Crippen molar-refractivity contribution in [1.29, 1.82) is 0 Å². The van der Waals surface area contributed by atoms with Gasteiger partial charge in [-0.3, -0.25) is 9.99 Å². The van der Waals surface area contributed by atoms with E-state index in [9.17, 15) is 4.39 Å². The second-order valence-corrected chi connectivity index (χ2v) is 3.73. The van der Waals surface area contributed by atoms with E-state index in [0.717, 1.165) is 5.82 Å². The first-order valence-electron chi connectivity index (χ1n) is 5.30. The molecule has 2 aromatic rings. The highest BCUT2D eigenvalue weighted by Crippen LogP contribution is 2.11. The first-order valence-corrected chi connectivity index (χ1v) is 5.30. The number of nitrogens with one attached hydrogen (secondary N) is 1. The van der Waals surface area contributed by atoms with Crippen molar-refractivity contribution < 1.29 is 4.39 Å². The highest BCUT2D eigenvalue weighted by molar-refractivity contribution is 5.23. The molecule has 0 radical (unpaired) electrons. The van der Waals surface area contributed by atoms with E-state index < -0.39 is 0 Å². The minimum atomic E-state index is -0.188. The highest BCUT2D eigenvalue weighted by Gasteiger charge is 2.08. The summed E-state index contributed by atoms with van der Waals surface area (Å²) in [5, 5.41) is 7.83. The number of nitrogen functional groups attached to an aromatic ring is 1. The zero-order chi connectivity index (χ0) is 12.3. The summed E-state index contributed by atoms with van der Waals surface area (Å²) >= 11 is 0. The Kier molecular flexibility index (Phi) is 3.34. The number of hydrogen-bond donors (Lipinski definition) is 2. The summed E-state index contributed by atoms with van der Waals surface area (Å²) in [7, 11) is 1.81. The average Bonchev–Trinajstić information content (AvgIpc) is 2.69. The van der Waals surface area contributed by atoms with Gasteiger partial charge in [-0.05, 0) is 18.1 Å². The van der Waals surface area contributed by atoms with Crippen LogP contribution >= 0.6 is 0 Å².